The summed E-state index contributed by atoms with van der Waals surface area (Å²) in [4.78, 5) is 23.0. The largest absolute Gasteiger partial charge is 0.460 e. The van der Waals surface area contributed by atoms with Crippen molar-refractivity contribution in [2.75, 3.05) is 19.8 Å². The van der Waals surface area contributed by atoms with Gasteiger partial charge >= 0.3 is 11.9 Å². The number of rotatable bonds is 7. The molecule has 1 rings (SSSR count). The maximum absolute atomic E-state index is 11.6. The lowest BCUT2D eigenvalue weighted by Crippen LogP contribution is -2.24. The molecule has 0 amide bonds. The first-order valence-electron chi connectivity index (χ1n) is 6.90. The summed E-state index contributed by atoms with van der Waals surface area (Å²) < 4.78 is 15.4. The van der Waals surface area contributed by atoms with Gasteiger partial charge in [-0.1, -0.05) is 18.2 Å². The minimum atomic E-state index is -0.484. The van der Waals surface area contributed by atoms with Gasteiger partial charge in [0.2, 0.25) is 0 Å². The van der Waals surface area contributed by atoms with Crippen molar-refractivity contribution in [1.29, 1.82) is 0 Å². The summed E-state index contributed by atoms with van der Waals surface area (Å²) in [5, 5.41) is 0. The molecule has 0 aliphatic heterocycles. The van der Waals surface area contributed by atoms with Gasteiger partial charge in [-0.3, -0.25) is 4.79 Å². The van der Waals surface area contributed by atoms with E-state index in [1.807, 2.05) is 26.8 Å². The number of esters is 2. The monoisotopic (exact) mass is 294 g/mol. The molecule has 0 saturated heterocycles. The van der Waals surface area contributed by atoms with Gasteiger partial charge in [0.15, 0.2) is 0 Å². The van der Waals surface area contributed by atoms with Gasteiger partial charge in [-0.25, -0.2) is 4.79 Å². The van der Waals surface area contributed by atoms with E-state index in [2.05, 4.69) is 0 Å². The van der Waals surface area contributed by atoms with E-state index in [0.29, 0.717) is 5.56 Å². The lowest BCUT2D eigenvalue weighted by atomic mass is 10.2. The van der Waals surface area contributed by atoms with E-state index < -0.39 is 5.60 Å². The molecule has 0 radical (unpaired) electrons. The van der Waals surface area contributed by atoms with Gasteiger partial charge in [0.25, 0.3) is 0 Å². The zero-order chi connectivity index (χ0) is 15.7. The number of hydrogen-bond donors (Lipinski definition) is 0. The second-order valence-electron chi connectivity index (χ2n) is 5.45. The topological polar surface area (TPSA) is 61.8 Å². The Morgan fingerprint density at radius 3 is 2.29 bits per heavy atom. The van der Waals surface area contributed by atoms with Crippen molar-refractivity contribution in [3.05, 3.63) is 35.9 Å². The summed E-state index contributed by atoms with van der Waals surface area (Å²) in [6.07, 6.45) is 0.184. The van der Waals surface area contributed by atoms with Gasteiger partial charge < -0.3 is 14.2 Å². The molecule has 0 bridgehead atoms. The SMILES string of the molecule is CC(C)(C)OC(=O)CCOCCOC(=O)c1ccccc1. The average molecular weight is 294 g/mol. The zero-order valence-corrected chi connectivity index (χ0v) is 12.8. The molecule has 0 aliphatic rings. The van der Waals surface area contributed by atoms with Gasteiger partial charge in [0.1, 0.15) is 12.2 Å². The minimum absolute atomic E-state index is 0.155. The number of ether oxygens (including phenoxy) is 3. The minimum Gasteiger partial charge on any atom is -0.460 e. The van der Waals surface area contributed by atoms with Gasteiger partial charge in [0.05, 0.1) is 25.2 Å². The Labute approximate surface area is 125 Å². The Kier molecular flexibility index (Phi) is 6.88. The molecule has 0 atom stereocenters. The molecule has 1 aromatic rings. The fraction of sp³-hybridized carbons (Fsp3) is 0.500. The van der Waals surface area contributed by atoms with Gasteiger partial charge in [-0.15, -0.1) is 0 Å². The third kappa shape index (κ3) is 8.09. The Bertz CT molecular complexity index is 447. The molecule has 21 heavy (non-hydrogen) atoms. The van der Waals surface area contributed by atoms with Crippen molar-refractivity contribution >= 4 is 11.9 Å². The van der Waals surface area contributed by atoms with Gasteiger partial charge in [-0.2, -0.15) is 0 Å². The van der Waals surface area contributed by atoms with E-state index in [1.54, 1.807) is 24.3 Å². The fourth-order valence-electron chi connectivity index (χ4n) is 1.50. The first-order chi connectivity index (χ1) is 9.88. The molecule has 0 saturated carbocycles. The highest BCUT2D eigenvalue weighted by Crippen LogP contribution is 2.08. The van der Waals surface area contributed by atoms with Crippen LogP contribution in [-0.4, -0.2) is 37.4 Å². The highest BCUT2D eigenvalue weighted by Gasteiger charge is 2.15. The molecule has 5 nitrogen and oxygen atoms in total. The molecule has 0 unspecified atom stereocenters. The Morgan fingerprint density at radius 2 is 1.67 bits per heavy atom. The van der Waals surface area contributed by atoms with E-state index in [-0.39, 0.29) is 38.2 Å². The van der Waals surface area contributed by atoms with Crippen LogP contribution in [0.15, 0.2) is 30.3 Å². The highest BCUT2D eigenvalue weighted by molar-refractivity contribution is 5.89. The number of benzene rings is 1. The fourth-order valence-corrected chi connectivity index (χ4v) is 1.50. The molecular weight excluding hydrogens is 272 g/mol. The molecular formula is C16H22O5. The molecule has 0 N–H and O–H groups in total. The molecule has 0 spiro atoms. The Morgan fingerprint density at radius 1 is 1.00 bits per heavy atom. The molecule has 0 aliphatic carbocycles. The second kappa shape index (κ2) is 8.42. The smallest absolute Gasteiger partial charge is 0.338 e. The van der Waals surface area contributed by atoms with Crippen LogP contribution in [-0.2, 0) is 19.0 Å². The summed E-state index contributed by atoms with van der Waals surface area (Å²) in [7, 11) is 0. The first kappa shape index (κ1) is 17.2. The van der Waals surface area contributed by atoms with Crippen LogP contribution in [0.2, 0.25) is 0 Å². The zero-order valence-electron chi connectivity index (χ0n) is 12.8. The van der Waals surface area contributed by atoms with Crippen molar-refractivity contribution in [3.63, 3.8) is 0 Å². The van der Waals surface area contributed by atoms with Crippen LogP contribution in [0.4, 0.5) is 0 Å². The predicted molar refractivity (Wildman–Crippen MR) is 78.0 cm³/mol. The van der Waals surface area contributed by atoms with Crippen LogP contribution in [0.25, 0.3) is 0 Å². The standard InChI is InChI=1S/C16H22O5/c1-16(2,3)21-14(17)9-10-19-11-12-20-15(18)13-7-5-4-6-8-13/h4-8H,9-12H2,1-3H3. The number of hydrogen-bond acceptors (Lipinski definition) is 5. The van der Waals surface area contributed by atoms with E-state index in [1.165, 1.54) is 0 Å². The van der Waals surface area contributed by atoms with Crippen LogP contribution in [0.3, 0.4) is 0 Å². The molecule has 116 valence electrons. The highest BCUT2D eigenvalue weighted by atomic mass is 16.6. The van der Waals surface area contributed by atoms with Gasteiger partial charge in [-0.05, 0) is 32.9 Å². The summed E-state index contributed by atoms with van der Waals surface area (Å²) in [6.45, 7) is 6.10. The lowest BCUT2D eigenvalue weighted by Gasteiger charge is -2.19. The van der Waals surface area contributed by atoms with Crippen molar-refractivity contribution < 1.29 is 23.8 Å². The van der Waals surface area contributed by atoms with Crippen LogP contribution in [0.5, 0.6) is 0 Å². The van der Waals surface area contributed by atoms with Crippen molar-refractivity contribution in [2.45, 2.75) is 32.8 Å². The summed E-state index contributed by atoms with van der Waals surface area (Å²) in [5.41, 5.74) is 0.0220. The summed E-state index contributed by atoms with van der Waals surface area (Å²) >= 11 is 0. The van der Waals surface area contributed by atoms with E-state index in [4.69, 9.17) is 14.2 Å². The maximum Gasteiger partial charge on any atom is 0.338 e. The van der Waals surface area contributed by atoms with E-state index >= 15 is 0 Å². The van der Waals surface area contributed by atoms with Crippen LogP contribution in [0, 0.1) is 0 Å². The van der Waals surface area contributed by atoms with Crippen molar-refractivity contribution in [3.8, 4) is 0 Å². The van der Waals surface area contributed by atoms with Crippen molar-refractivity contribution in [2.24, 2.45) is 0 Å². The molecule has 0 heterocycles. The molecule has 1 aromatic carbocycles. The summed E-state index contributed by atoms with van der Waals surface area (Å²) in [6, 6.07) is 8.75. The Balaban J connectivity index is 2.07. The lowest BCUT2D eigenvalue weighted by molar-refractivity contribution is -0.156. The van der Waals surface area contributed by atoms with Crippen LogP contribution >= 0.6 is 0 Å². The molecule has 0 aromatic heterocycles. The maximum atomic E-state index is 11.6. The van der Waals surface area contributed by atoms with Gasteiger partial charge in [0, 0.05) is 0 Å². The Hall–Kier alpha value is -1.88. The number of carbonyl (C=O) groups is 2. The van der Waals surface area contributed by atoms with E-state index in [0.717, 1.165) is 0 Å². The number of carbonyl (C=O) groups excluding carboxylic acids is 2. The predicted octanol–water partition coefficient (Wildman–Crippen LogP) is 2.59. The van der Waals surface area contributed by atoms with E-state index in [9.17, 15) is 9.59 Å². The normalized spacial score (nSPS) is 11.0. The first-order valence-corrected chi connectivity index (χ1v) is 6.90. The molecule has 0 fully saturated rings. The van der Waals surface area contributed by atoms with Crippen molar-refractivity contribution in [1.82, 2.24) is 0 Å². The third-order valence-corrected chi connectivity index (χ3v) is 2.34. The average Bonchev–Trinajstić information content (AvgIpc) is 2.41. The van der Waals surface area contributed by atoms with Crippen LogP contribution < -0.4 is 0 Å². The third-order valence-electron chi connectivity index (χ3n) is 2.34. The quantitative estimate of drug-likeness (QED) is 0.571. The summed E-state index contributed by atoms with van der Waals surface area (Å²) in [5.74, 6) is -0.685. The second-order valence-corrected chi connectivity index (χ2v) is 5.45. The molecule has 5 heteroatoms. The van der Waals surface area contributed by atoms with Crippen LogP contribution in [0.1, 0.15) is 37.6 Å².